The molecule has 4 N–H and O–H groups in total. The number of nitrogens with one attached hydrogen (secondary N) is 2. The minimum absolute atomic E-state index is 0.0358. The highest BCUT2D eigenvalue weighted by molar-refractivity contribution is 8.00. The number of carboxylic acids is 1. The third-order valence-corrected chi connectivity index (χ3v) is 6.33. The number of non-ortho nitro benzene ring substituents is 1. The van der Waals surface area contributed by atoms with Crippen molar-refractivity contribution < 1.29 is 34.4 Å². The van der Waals surface area contributed by atoms with Gasteiger partial charge in [-0.05, 0) is 17.7 Å². The monoisotopic (exact) mass is 426 g/mol. The van der Waals surface area contributed by atoms with Crippen LogP contribution in [0.25, 0.3) is 0 Å². The van der Waals surface area contributed by atoms with E-state index in [1.54, 1.807) is 0 Å². The fraction of sp³-hybridized carbons (Fsp3) is 0.438. The Morgan fingerprint density at radius 3 is 2.66 bits per heavy atom. The van der Waals surface area contributed by atoms with Gasteiger partial charge in [0.05, 0.1) is 18.1 Å². The number of nitro benzene ring substituents is 1. The molecule has 2 unspecified atom stereocenters. The maximum absolute atomic E-state index is 12.2. The minimum Gasteiger partial charge on any atom is -0.481 e. The number of urea groups is 1. The molecule has 3 amide bonds. The Bertz CT molecular complexity index is 835. The number of hydrogen-bond donors (Lipinski definition) is 4. The molecule has 0 bridgehead atoms. The van der Waals surface area contributed by atoms with Crippen molar-refractivity contribution in [2.24, 2.45) is 5.41 Å². The summed E-state index contributed by atoms with van der Waals surface area (Å²) in [5, 5.41) is 31.4. The Labute approximate surface area is 168 Å². The average Bonchev–Trinajstić information content (AvgIpc) is 2.71. The predicted molar refractivity (Wildman–Crippen MR) is 98.5 cm³/mol. The number of thioether (sulfide) groups is 1. The Kier molecular flexibility index (Phi) is 5.91. The molecule has 2 fully saturated rings. The Hall–Kier alpha value is -2.90. The first-order valence-electron chi connectivity index (χ1n) is 8.45. The second-order valence-corrected chi connectivity index (χ2v) is 7.78. The highest BCUT2D eigenvalue weighted by atomic mass is 32.2. The molecule has 0 saturated carbocycles. The molecule has 3 rings (SSSR count). The summed E-state index contributed by atoms with van der Waals surface area (Å²) >= 11 is 1.18. The molecule has 3 atom stereocenters. The lowest BCUT2D eigenvalue weighted by Crippen LogP contribution is -2.74. The Morgan fingerprint density at radius 2 is 2.07 bits per heavy atom. The van der Waals surface area contributed by atoms with Crippen molar-refractivity contribution in [3.63, 3.8) is 0 Å². The number of carbonyl (C=O) groups excluding carboxylic acids is 2. The zero-order valence-corrected chi connectivity index (χ0v) is 15.8. The van der Waals surface area contributed by atoms with E-state index in [4.69, 9.17) is 4.84 Å². The van der Waals surface area contributed by atoms with Crippen LogP contribution in [-0.4, -0.2) is 68.3 Å². The largest absolute Gasteiger partial charge is 0.481 e. The SMILES string of the molecule is O=C(NOCc1ccc([N+](=O)[O-])cc1)NC1C(=O)N2CC(CO)(C(=O)O)CS[C@H]12. The number of hydroxylamine groups is 1. The van der Waals surface area contributed by atoms with Gasteiger partial charge in [-0.15, -0.1) is 11.8 Å². The van der Waals surface area contributed by atoms with Gasteiger partial charge in [0.1, 0.15) is 16.8 Å². The van der Waals surface area contributed by atoms with Gasteiger partial charge < -0.3 is 20.4 Å². The number of carboxylic acid groups (broad SMARTS) is 1. The van der Waals surface area contributed by atoms with Gasteiger partial charge in [0.2, 0.25) is 5.91 Å². The number of rotatable bonds is 7. The second kappa shape index (κ2) is 8.23. The van der Waals surface area contributed by atoms with Crippen LogP contribution in [0.15, 0.2) is 24.3 Å². The van der Waals surface area contributed by atoms with Crippen LogP contribution in [0.4, 0.5) is 10.5 Å². The van der Waals surface area contributed by atoms with Crippen molar-refractivity contribution in [3.05, 3.63) is 39.9 Å². The first kappa shape index (κ1) is 20.8. The van der Waals surface area contributed by atoms with Gasteiger partial charge in [-0.25, -0.2) is 10.3 Å². The fourth-order valence-corrected chi connectivity index (χ4v) is 4.52. The van der Waals surface area contributed by atoms with E-state index in [1.165, 1.54) is 40.9 Å². The molecule has 156 valence electrons. The van der Waals surface area contributed by atoms with Crippen LogP contribution >= 0.6 is 11.8 Å². The maximum atomic E-state index is 12.2. The molecule has 29 heavy (non-hydrogen) atoms. The van der Waals surface area contributed by atoms with Gasteiger partial charge in [0.15, 0.2) is 0 Å². The lowest BCUT2D eigenvalue weighted by Gasteiger charge is -2.53. The Morgan fingerprint density at radius 1 is 1.38 bits per heavy atom. The van der Waals surface area contributed by atoms with Crippen molar-refractivity contribution in [1.29, 1.82) is 0 Å². The van der Waals surface area contributed by atoms with Gasteiger partial charge in [0.25, 0.3) is 5.69 Å². The summed E-state index contributed by atoms with van der Waals surface area (Å²) in [5.74, 6) is -1.50. The van der Waals surface area contributed by atoms with Crippen molar-refractivity contribution in [3.8, 4) is 0 Å². The molecule has 13 heteroatoms. The van der Waals surface area contributed by atoms with Crippen LogP contribution in [0.3, 0.4) is 0 Å². The summed E-state index contributed by atoms with van der Waals surface area (Å²) in [6.07, 6.45) is 0. The van der Waals surface area contributed by atoms with Gasteiger partial charge in [-0.2, -0.15) is 0 Å². The molecule has 2 saturated heterocycles. The molecule has 0 spiro atoms. The highest BCUT2D eigenvalue weighted by Crippen LogP contribution is 2.41. The summed E-state index contributed by atoms with van der Waals surface area (Å²) in [4.78, 5) is 52.0. The van der Waals surface area contributed by atoms with Crippen LogP contribution in [0.2, 0.25) is 0 Å². The van der Waals surface area contributed by atoms with Crippen LogP contribution in [0.5, 0.6) is 0 Å². The first-order chi connectivity index (χ1) is 13.8. The summed E-state index contributed by atoms with van der Waals surface area (Å²) < 4.78 is 0. The molecule has 0 radical (unpaired) electrons. The van der Waals surface area contributed by atoms with E-state index in [0.717, 1.165) is 0 Å². The van der Waals surface area contributed by atoms with E-state index >= 15 is 0 Å². The van der Waals surface area contributed by atoms with Gasteiger partial charge in [-0.3, -0.25) is 24.5 Å². The van der Waals surface area contributed by atoms with Crippen LogP contribution in [0.1, 0.15) is 5.56 Å². The normalized spacial score (nSPS) is 25.6. The summed E-state index contributed by atoms with van der Waals surface area (Å²) in [6.45, 7) is -0.737. The maximum Gasteiger partial charge on any atom is 0.339 e. The molecule has 0 aliphatic carbocycles. The zero-order chi connectivity index (χ0) is 21.2. The Balaban J connectivity index is 1.45. The summed E-state index contributed by atoms with van der Waals surface area (Å²) in [6, 6.07) is 4.02. The van der Waals surface area contributed by atoms with E-state index in [0.29, 0.717) is 5.56 Å². The van der Waals surface area contributed by atoms with E-state index in [9.17, 15) is 34.7 Å². The van der Waals surface area contributed by atoms with Gasteiger partial charge in [0, 0.05) is 24.4 Å². The third kappa shape index (κ3) is 4.11. The van der Waals surface area contributed by atoms with Crippen molar-refractivity contribution >= 4 is 35.4 Å². The number of amides is 3. The number of β-lactam (4-membered cyclic amide) rings is 1. The lowest BCUT2D eigenvalue weighted by atomic mass is 9.88. The topological polar surface area (TPSA) is 171 Å². The van der Waals surface area contributed by atoms with E-state index in [-0.39, 0.29) is 24.6 Å². The van der Waals surface area contributed by atoms with E-state index in [2.05, 4.69) is 10.8 Å². The fourth-order valence-electron chi connectivity index (χ4n) is 2.99. The molecule has 1 aromatic rings. The number of carbonyl (C=O) groups is 3. The molecule has 12 nitrogen and oxygen atoms in total. The molecule has 0 aromatic heterocycles. The first-order valence-corrected chi connectivity index (χ1v) is 9.50. The van der Waals surface area contributed by atoms with Crippen LogP contribution < -0.4 is 10.8 Å². The number of hydrogen-bond acceptors (Lipinski definition) is 8. The number of fused-ring (bicyclic) bond motifs is 1. The van der Waals surface area contributed by atoms with Gasteiger partial charge >= 0.3 is 12.0 Å². The zero-order valence-electron chi connectivity index (χ0n) is 14.9. The average molecular weight is 426 g/mol. The smallest absolute Gasteiger partial charge is 0.339 e. The number of benzene rings is 1. The molecule has 2 aliphatic heterocycles. The molecule has 2 heterocycles. The number of nitrogens with zero attached hydrogens (tertiary/aromatic N) is 2. The predicted octanol–water partition coefficient (Wildman–Crippen LogP) is -0.327. The third-order valence-electron chi connectivity index (χ3n) is 4.74. The van der Waals surface area contributed by atoms with E-state index < -0.39 is 46.3 Å². The molecular formula is C16H18N4O8S. The van der Waals surface area contributed by atoms with Crippen molar-refractivity contribution in [2.45, 2.75) is 18.0 Å². The summed E-state index contributed by atoms with van der Waals surface area (Å²) in [7, 11) is 0. The minimum atomic E-state index is -1.40. The van der Waals surface area contributed by atoms with Gasteiger partial charge in [-0.1, -0.05) is 0 Å². The van der Waals surface area contributed by atoms with Crippen LogP contribution in [0, 0.1) is 15.5 Å². The number of aliphatic hydroxyl groups excluding tert-OH is 1. The number of nitro groups is 1. The number of aliphatic carboxylic acids is 1. The summed E-state index contributed by atoms with van der Waals surface area (Å²) in [5.41, 5.74) is 1.26. The second-order valence-electron chi connectivity index (χ2n) is 6.68. The van der Waals surface area contributed by atoms with Crippen molar-refractivity contribution in [2.75, 3.05) is 18.9 Å². The highest BCUT2D eigenvalue weighted by Gasteiger charge is 2.57. The lowest BCUT2D eigenvalue weighted by molar-refractivity contribution is -0.384. The van der Waals surface area contributed by atoms with Crippen molar-refractivity contribution in [1.82, 2.24) is 15.7 Å². The van der Waals surface area contributed by atoms with Crippen LogP contribution in [-0.2, 0) is 21.0 Å². The molecule has 2 aliphatic rings. The quantitative estimate of drug-likeness (QED) is 0.259. The standard InChI is InChI=1S/C16H18N4O8S/c21-7-16(14(23)24)6-19-12(22)11(13(19)29-8-16)17-15(25)18-28-5-9-1-3-10(4-2-9)20(26)27/h1-4,11,13,21H,5-8H2,(H,23,24)(H2,17,18,25)/t11?,13-,16?/m1/s1. The molecule has 1 aromatic carbocycles. The molecular weight excluding hydrogens is 408 g/mol. The number of aliphatic hydroxyl groups is 1. The van der Waals surface area contributed by atoms with E-state index in [1.807, 2.05) is 0 Å².